The summed E-state index contributed by atoms with van der Waals surface area (Å²) in [7, 11) is 0. The molecule has 17 heavy (non-hydrogen) atoms. The molecule has 1 aromatic carbocycles. The standard InChI is InChI=1S/C10H11ClN2O4/c1-3-4-7-5-8(12(14)15)9(11)10(6(7)2)13(16)17/h5H,3-4H2,1-2H3. The molecule has 1 rings (SSSR count). The van der Waals surface area contributed by atoms with Crippen LogP contribution in [-0.2, 0) is 6.42 Å². The number of halogens is 1. The van der Waals surface area contributed by atoms with Gasteiger partial charge in [0.05, 0.1) is 9.85 Å². The topological polar surface area (TPSA) is 86.3 Å². The van der Waals surface area contributed by atoms with Gasteiger partial charge in [-0.2, -0.15) is 0 Å². The molecule has 6 nitrogen and oxygen atoms in total. The first-order valence-electron chi connectivity index (χ1n) is 5.00. The molecule has 0 aliphatic rings. The Kier molecular flexibility index (Phi) is 4.01. The van der Waals surface area contributed by atoms with Crippen LogP contribution in [0.4, 0.5) is 11.4 Å². The third-order valence-corrected chi connectivity index (χ3v) is 2.85. The van der Waals surface area contributed by atoms with Gasteiger partial charge in [-0.15, -0.1) is 0 Å². The molecule has 0 heterocycles. The van der Waals surface area contributed by atoms with Crippen molar-refractivity contribution in [1.82, 2.24) is 0 Å². The molecule has 0 aliphatic heterocycles. The van der Waals surface area contributed by atoms with Crippen LogP contribution >= 0.6 is 11.6 Å². The maximum Gasteiger partial charge on any atom is 0.298 e. The van der Waals surface area contributed by atoms with E-state index in [-0.39, 0.29) is 5.69 Å². The van der Waals surface area contributed by atoms with Crippen molar-refractivity contribution < 1.29 is 9.85 Å². The monoisotopic (exact) mass is 258 g/mol. The fourth-order valence-electron chi connectivity index (χ4n) is 1.65. The lowest BCUT2D eigenvalue weighted by molar-refractivity contribution is -0.394. The molecule has 0 bridgehead atoms. The maximum atomic E-state index is 10.9. The summed E-state index contributed by atoms with van der Waals surface area (Å²) < 4.78 is 0. The van der Waals surface area contributed by atoms with E-state index >= 15 is 0 Å². The van der Waals surface area contributed by atoms with Crippen LogP contribution in [0.2, 0.25) is 5.02 Å². The van der Waals surface area contributed by atoms with E-state index in [4.69, 9.17) is 11.6 Å². The van der Waals surface area contributed by atoms with E-state index in [0.717, 1.165) is 6.42 Å². The summed E-state index contributed by atoms with van der Waals surface area (Å²) in [5, 5.41) is 21.2. The summed E-state index contributed by atoms with van der Waals surface area (Å²) >= 11 is 5.69. The fraction of sp³-hybridized carbons (Fsp3) is 0.400. The molecule has 0 unspecified atom stereocenters. The molecule has 0 aromatic heterocycles. The van der Waals surface area contributed by atoms with Crippen LogP contribution in [0.15, 0.2) is 6.07 Å². The van der Waals surface area contributed by atoms with Crippen LogP contribution in [0.25, 0.3) is 0 Å². The predicted octanol–water partition coefficient (Wildman–Crippen LogP) is 3.42. The van der Waals surface area contributed by atoms with Gasteiger partial charge in [0, 0.05) is 11.6 Å². The zero-order valence-corrected chi connectivity index (χ0v) is 10.2. The SMILES string of the molecule is CCCc1cc([N+](=O)[O-])c(Cl)c([N+](=O)[O-])c1C. The highest BCUT2D eigenvalue weighted by Crippen LogP contribution is 2.38. The Balaban J connectivity index is 3.57. The van der Waals surface area contributed by atoms with E-state index in [1.807, 2.05) is 6.92 Å². The Morgan fingerprint density at radius 1 is 1.29 bits per heavy atom. The molecule has 0 N–H and O–H groups in total. The molecule has 0 saturated carbocycles. The molecular formula is C10H11ClN2O4. The van der Waals surface area contributed by atoms with Gasteiger partial charge in [-0.05, 0) is 18.9 Å². The Morgan fingerprint density at radius 3 is 2.29 bits per heavy atom. The first-order valence-corrected chi connectivity index (χ1v) is 5.38. The van der Waals surface area contributed by atoms with Crippen LogP contribution in [0.1, 0.15) is 24.5 Å². The van der Waals surface area contributed by atoms with Gasteiger partial charge in [0.2, 0.25) is 0 Å². The Labute approximate surface area is 103 Å². The zero-order valence-electron chi connectivity index (χ0n) is 9.40. The number of nitro benzene ring substituents is 2. The summed E-state index contributed by atoms with van der Waals surface area (Å²) in [5.74, 6) is 0. The molecular weight excluding hydrogens is 248 g/mol. The Bertz CT molecular complexity index is 488. The lowest BCUT2D eigenvalue weighted by Gasteiger charge is -2.07. The van der Waals surface area contributed by atoms with Crippen molar-refractivity contribution in [1.29, 1.82) is 0 Å². The molecule has 0 fully saturated rings. The van der Waals surface area contributed by atoms with Gasteiger partial charge in [-0.3, -0.25) is 20.2 Å². The van der Waals surface area contributed by atoms with Crippen LogP contribution < -0.4 is 0 Å². The van der Waals surface area contributed by atoms with Crippen molar-refractivity contribution in [2.45, 2.75) is 26.7 Å². The number of nitro groups is 2. The Hall–Kier alpha value is -1.69. The minimum atomic E-state index is -0.700. The highest BCUT2D eigenvalue weighted by molar-refractivity contribution is 6.35. The summed E-state index contributed by atoms with van der Waals surface area (Å²) in [6.07, 6.45) is 1.29. The summed E-state index contributed by atoms with van der Waals surface area (Å²) in [4.78, 5) is 20.3. The minimum absolute atomic E-state index is 0.371. The molecule has 0 amide bonds. The number of nitrogens with zero attached hydrogens (tertiary/aromatic N) is 2. The number of hydrogen-bond acceptors (Lipinski definition) is 4. The molecule has 0 radical (unpaired) electrons. The van der Waals surface area contributed by atoms with Crippen LogP contribution in [0.3, 0.4) is 0 Å². The molecule has 7 heteroatoms. The van der Waals surface area contributed by atoms with Crippen molar-refractivity contribution in [3.05, 3.63) is 42.4 Å². The third kappa shape index (κ3) is 2.52. The first kappa shape index (κ1) is 13.4. The van der Waals surface area contributed by atoms with Crippen molar-refractivity contribution in [3.8, 4) is 0 Å². The van der Waals surface area contributed by atoms with Crippen molar-refractivity contribution in [2.75, 3.05) is 0 Å². The smallest absolute Gasteiger partial charge is 0.258 e. The van der Waals surface area contributed by atoms with Crippen LogP contribution in [0, 0.1) is 27.2 Å². The van der Waals surface area contributed by atoms with Gasteiger partial charge in [-0.1, -0.05) is 24.9 Å². The number of benzene rings is 1. The quantitative estimate of drug-likeness (QED) is 0.611. The second-order valence-corrected chi connectivity index (χ2v) is 3.98. The fourth-order valence-corrected chi connectivity index (χ4v) is 1.99. The first-order chi connectivity index (χ1) is 7.90. The van der Waals surface area contributed by atoms with E-state index in [2.05, 4.69) is 0 Å². The third-order valence-electron chi connectivity index (χ3n) is 2.48. The van der Waals surface area contributed by atoms with Crippen molar-refractivity contribution in [2.24, 2.45) is 0 Å². The maximum absolute atomic E-state index is 10.9. The van der Waals surface area contributed by atoms with Crippen LogP contribution in [-0.4, -0.2) is 9.85 Å². The van der Waals surface area contributed by atoms with Gasteiger partial charge in [-0.25, -0.2) is 0 Å². The largest absolute Gasteiger partial charge is 0.298 e. The van der Waals surface area contributed by atoms with Crippen molar-refractivity contribution >= 4 is 23.0 Å². The van der Waals surface area contributed by atoms with E-state index in [1.54, 1.807) is 6.92 Å². The van der Waals surface area contributed by atoms with Gasteiger partial charge in [0.25, 0.3) is 11.4 Å². The van der Waals surface area contributed by atoms with E-state index in [0.29, 0.717) is 17.5 Å². The molecule has 92 valence electrons. The second-order valence-electron chi connectivity index (χ2n) is 3.61. The molecule has 0 saturated heterocycles. The summed E-state index contributed by atoms with van der Waals surface area (Å²) in [6.45, 7) is 3.45. The molecule has 0 spiro atoms. The van der Waals surface area contributed by atoms with E-state index in [1.165, 1.54) is 6.07 Å². The van der Waals surface area contributed by atoms with Crippen molar-refractivity contribution in [3.63, 3.8) is 0 Å². The zero-order chi connectivity index (χ0) is 13.2. The summed E-state index contributed by atoms with van der Waals surface area (Å²) in [6, 6.07) is 1.31. The highest BCUT2D eigenvalue weighted by Gasteiger charge is 2.28. The highest BCUT2D eigenvalue weighted by atomic mass is 35.5. The number of hydrogen-bond donors (Lipinski definition) is 0. The Morgan fingerprint density at radius 2 is 1.88 bits per heavy atom. The van der Waals surface area contributed by atoms with E-state index in [9.17, 15) is 20.2 Å². The number of rotatable bonds is 4. The van der Waals surface area contributed by atoms with Gasteiger partial charge in [0.1, 0.15) is 0 Å². The lowest BCUT2D eigenvalue weighted by atomic mass is 10.0. The molecule has 1 aromatic rings. The predicted molar refractivity (Wildman–Crippen MR) is 63.5 cm³/mol. The van der Waals surface area contributed by atoms with Gasteiger partial charge in [0.15, 0.2) is 5.02 Å². The van der Waals surface area contributed by atoms with Gasteiger partial charge < -0.3 is 0 Å². The molecule has 0 atom stereocenters. The average molecular weight is 259 g/mol. The number of aryl methyl sites for hydroxylation is 1. The van der Waals surface area contributed by atoms with Gasteiger partial charge >= 0.3 is 0 Å². The minimum Gasteiger partial charge on any atom is -0.258 e. The normalized spacial score (nSPS) is 10.3. The van der Waals surface area contributed by atoms with E-state index < -0.39 is 20.6 Å². The van der Waals surface area contributed by atoms with Crippen LogP contribution in [0.5, 0.6) is 0 Å². The average Bonchev–Trinajstić information content (AvgIpc) is 2.21. The summed E-state index contributed by atoms with van der Waals surface area (Å²) in [5.41, 5.74) is 0.208. The molecule has 0 aliphatic carbocycles. The second kappa shape index (κ2) is 5.09. The lowest BCUT2D eigenvalue weighted by Crippen LogP contribution is -2.01.